The summed E-state index contributed by atoms with van der Waals surface area (Å²) in [7, 11) is 0. The highest BCUT2D eigenvalue weighted by Crippen LogP contribution is 2.30. The van der Waals surface area contributed by atoms with Crippen LogP contribution in [0.5, 0.6) is 5.75 Å². The van der Waals surface area contributed by atoms with Crippen molar-refractivity contribution in [3.63, 3.8) is 0 Å². The highest BCUT2D eigenvalue weighted by atomic mass is 35.5. The average Bonchev–Trinajstić information content (AvgIpc) is 2.42. The van der Waals surface area contributed by atoms with Gasteiger partial charge in [-0.15, -0.1) is 12.4 Å². The van der Waals surface area contributed by atoms with E-state index >= 15 is 0 Å². The van der Waals surface area contributed by atoms with Crippen LogP contribution in [0.2, 0.25) is 0 Å². The Bertz CT molecular complexity index is 464. The highest BCUT2D eigenvalue weighted by Gasteiger charge is 2.30. The molecule has 0 radical (unpaired) electrons. The molecule has 0 heterocycles. The lowest BCUT2D eigenvalue weighted by molar-refractivity contribution is -0.137. The summed E-state index contributed by atoms with van der Waals surface area (Å²) >= 11 is 0. The molecular weight excluding hydrogens is 321 g/mol. The summed E-state index contributed by atoms with van der Waals surface area (Å²) < 4.78 is 42.3. The molecule has 0 aliphatic carbocycles. The summed E-state index contributed by atoms with van der Waals surface area (Å²) in [6, 6.07) is 4.14. The molecule has 0 bridgehead atoms. The van der Waals surface area contributed by atoms with Gasteiger partial charge in [0.2, 0.25) is 5.91 Å². The normalized spacial score (nSPS) is 13.7. The molecule has 0 aliphatic rings. The minimum Gasteiger partial charge on any atom is -0.492 e. The molecule has 0 saturated carbocycles. The number of hydrogen-bond donors (Lipinski definition) is 2. The second-order valence-electron chi connectivity index (χ2n) is 4.81. The molecule has 0 aromatic heterocycles. The lowest BCUT2D eigenvalue weighted by Crippen LogP contribution is -2.40. The first-order valence-corrected chi connectivity index (χ1v) is 6.55. The standard InChI is InChI=1S/C14H19F3N2O2.ClH/c1-9(10(2)18)13(20)19-7-8-21-12-5-3-11(4-6-12)14(15,16)17;/h3-6,9-10H,7-8,18H2,1-2H3,(H,19,20);1H. The van der Waals surface area contributed by atoms with Gasteiger partial charge in [0.1, 0.15) is 12.4 Å². The van der Waals surface area contributed by atoms with Crippen molar-refractivity contribution in [1.82, 2.24) is 5.32 Å². The van der Waals surface area contributed by atoms with Crippen molar-refractivity contribution in [3.05, 3.63) is 29.8 Å². The lowest BCUT2D eigenvalue weighted by Gasteiger charge is -2.15. The molecule has 1 rings (SSSR count). The zero-order valence-electron chi connectivity index (χ0n) is 12.3. The molecule has 1 aromatic carbocycles. The molecule has 4 nitrogen and oxygen atoms in total. The number of halogens is 4. The molecule has 22 heavy (non-hydrogen) atoms. The van der Waals surface area contributed by atoms with E-state index < -0.39 is 11.7 Å². The fraction of sp³-hybridized carbons (Fsp3) is 0.500. The minimum atomic E-state index is -4.36. The quantitative estimate of drug-likeness (QED) is 0.782. The van der Waals surface area contributed by atoms with Crippen LogP contribution in [0.4, 0.5) is 13.2 Å². The van der Waals surface area contributed by atoms with E-state index in [9.17, 15) is 18.0 Å². The van der Waals surface area contributed by atoms with Gasteiger partial charge >= 0.3 is 6.18 Å². The summed E-state index contributed by atoms with van der Waals surface area (Å²) in [5.74, 6) is -0.172. The third-order valence-corrected chi connectivity index (χ3v) is 3.05. The Morgan fingerprint density at radius 2 is 1.82 bits per heavy atom. The molecule has 8 heteroatoms. The number of nitrogens with one attached hydrogen (secondary N) is 1. The number of carbonyl (C=O) groups is 1. The Balaban J connectivity index is 0.00000441. The van der Waals surface area contributed by atoms with Crippen LogP contribution in [0, 0.1) is 5.92 Å². The van der Waals surface area contributed by atoms with E-state index in [0.29, 0.717) is 5.75 Å². The predicted molar refractivity (Wildman–Crippen MR) is 80.0 cm³/mol. The third kappa shape index (κ3) is 6.53. The second kappa shape index (κ2) is 8.85. The van der Waals surface area contributed by atoms with Crippen LogP contribution in [-0.2, 0) is 11.0 Å². The van der Waals surface area contributed by atoms with Crippen molar-refractivity contribution in [2.24, 2.45) is 11.7 Å². The van der Waals surface area contributed by atoms with Crippen LogP contribution in [0.15, 0.2) is 24.3 Å². The fourth-order valence-electron chi connectivity index (χ4n) is 1.48. The molecule has 1 aromatic rings. The molecule has 0 saturated heterocycles. The average molecular weight is 341 g/mol. The smallest absolute Gasteiger partial charge is 0.416 e. The van der Waals surface area contributed by atoms with Crippen molar-refractivity contribution in [3.8, 4) is 5.75 Å². The van der Waals surface area contributed by atoms with Gasteiger partial charge in [-0.25, -0.2) is 0 Å². The van der Waals surface area contributed by atoms with Crippen molar-refractivity contribution in [1.29, 1.82) is 0 Å². The van der Waals surface area contributed by atoms with Crippen LogP contribution in [0.25, 0.3) is 0 Å². The van der Waals surface area contributed by atoms with Crippen molar-refractivity contribution >= 4 is 18.3 Å². The second-order valence-corrected chi connectivity index (χ2v) is 4.81. The summed E-state index contributed by atoms with van der Waals surface area (Å²) in [6.45, 7) is 3.89. The fourth-order valence-corrected chi connectivity index (χ4v) is 1.48. The maximum Gasteiger partial charge on any atom is 0.416 e. The van der Waals surface area contributed by atoms with Gasteiger partial charge in [0, 0.05) is 12.0 Å². The van der Waals surface area contributed by atoms with Gasteiger partial charge in [0.15, 0.2) is 0 Å². The van der Waals surface area contributed by atoms with Crippen molar-refractivity contribution < 1.29 is 22.7 Å². The van der Waals surface area contributed by atoms with Gasteiger partial charge in [0.05, 0.1) is 12.1 Å². The van der Waals surface area contributed by atoms with Gasteiger partial charge in [-0.3, -0.25) is 4.79 Å². The Labute approximate surface area is 133 Å². The predicted octanol–water partition coefficient (Wildman–Crippen LogP) is 2.61. The molecular formula is C14H20ClF3N2O2. The van der Waals surface area contributed by atoms with E-state index in [0.717, 1.165) is 12.1 Å². The molecule has 3 N–H and O–H groups in total. The van der Waals surface area contributed by atoms with Crippen LogP contribution < -0.4 is 15.8 Å². The van der Waals surface area contributed by atoms with Crippen LogP contribution >= 0.6 is 12.4 Å². The zero-order chi connectivity index (χ0) is 16.0. The van der Waals surface area contributed by atoms with Crippen LogP contribution in [0.1, 0.15) is 19.4 Å². The zero-order valence-corrected chi connectivity index (χ0v) is 13.1. The van der Waals surface area contributed by atoms with Gasteiger partial charge in [-0.2, -0.15) is 13.2 Å². The number of rotatable bonds is 6. The largest absolute Gasteiger partial charge is 0.492 e. The number of ether oxygens (including phenoxy) is 1. The first kappa shape index (κ1) is 20.5. The van der Waals surface area contributed by atoms with Crippen LogP contribution in [-0.4, -0.2) is 25.1 Å². The Kier molecular flexibility index (Phi) is 8.26. The summed E-state index contributed by atoms with van der Waals surface area (Å²) in [6.07, 6.45) is -4.36. The monoisotopic (exact) mass is 340 g/mol. The Morgan fingerprint density at radius 3 is 2.27 bits per heavy atom. The summed E-state index contributed by atoms with van der Waals surface area (Å²) in [5, 5.41) is 2.65. The van der Waals surface area contributed by atoms with E-state index in [4.69, 9.17) is 10.5 Å². The highest BCUT2D eigenvalue weighted by molar-refractivity contribution is 5.85. The number of nitrogens with two attached hydrogens (primary N) is 1. The maximum atomic E-state index is 12.4. The van der Waals surface area contributed by atoms with E-state index in [1.165, 1.54) is 12.1 Å². The number of benzene rings is 1. The van der Waals surface area contributed by atoms with E-state index in [-0.39, 0.29) is 43.4 Å². The third-order valence-electron chi connectivity index (χ3n) is 3.05. The summed E-state index contributed by atoms with van der Waals surface area (Å²) in [4.78, 5) is 11.6. The minimum absolute atomic E-state index is 0. The number of amides is 1. The first-order valence-electron chi connectivity index (χ1n) is 6.55. The van der Waals surface area contributed by atoms with E-state index in [2.05, 4.69) is 5.32 Å². The van der Waals surface area contributed by atoms with Gasteiger partial charge in [0.25, 0.3) is 0 Å². The molecule has 0 aliphatic heterocycles. The van der Waals surface area contributed by atoms with Gasteiger partial charge in [-0.1, -0.05) is 6.92 Å². The van der Waals surface area contributed by atoms with Crippen LogP contribution in [0.3, 0.4) is 0 Å². The molecule has 1 amide bonds. The van der Waals surface area contributed by atoms with Gasteiger partial charge < -0.3 is 15.8 Å². The molecule has 2 unspecified atom stereocenters. The topological polar surface area (TPSA) is 64.4 Å². The molecule has 0 spiro atoms. The Morgan fingerprint density at radius 1 is 1.27 bits per heavy atom. The lowest BCUT2D eigenvalue weighted by atomic mass is 10.0. The number of alkyl halides is 3. The van der Waals surface area contributed by atoms with Crippen molar-refractivity contribution in [2.45, 2.75) is 26.1 Å². The number of carbonyl (C=O) groups excluding carboxylic acids is 1. The molecule has 0 fully saturated rings. The Hall–Kier alpha value is -1.47. The maximum absolute atomic E-state index is 12.4. The van der Waals surface area contributed by atoms with E-state index in [1.807, 2.05) is 0 Å². The van der Waals surface area contributed by atoms with Crippen molar-refractivity contribution in [2.75, 3.05) is 13.2 Å². The SMILES string of the molecule is CC(N)C(C)C(=O)NCCOc1ccc(C(F)(F)F)cc1.Cl. The molecule has 126 valence electrons. The summed E-state index contributed by atoms with van der Waals surface area (Å²) in [5.41, 5.74) is 4.87. The first-order chi connectivity index (χ1) is 9.71. The number of hydrogen-bond acceptors (Lipinski definition) is 3. The van der Waals surface area contributed by atoms with Gasteiger partial charge in [-0.05, 0) is 31.2 Å². The molecule has 2 atom stereocenters. The van der Waals surface area contributed by atoms with E-state index in [1.54, 1.807) is 13.8 Å².